The fraction of sp³-hybridized carbons (Fsp3) is 0.250. The molecule has 0 atom stereocenters. The summed E-state index contributed by atoms with van der Waals surface area (Å²) < 4.78 is 26.4. The summed E-state index contributed by atoms with van der Waals surface area (Å²) in [6.07, 6.45) is 2.02. The molecule has 20 heavy (non-hydrogen) atoms. The average Bonchev–Trinajstić information content (AvgIpc) is 2.48. The number of nitrogens with zero attached hydrogens (tertiary/aromatic N) is 1. The molecule has 2 aromatic rings. The topological polar surface area (TPSA) is 37.4 Å². The lowest BCUT2D eigenvalue weighted by Crippen LogP contribution is -2.26. The Morgan fingerprint density at radius 1 is 0.950 bits per heavy atom. The van der Waals surface area contributed by atoms with Crippen LogP contribution in [-0.2, 0) is 16.4 Å². The molecule has 0 N–H and O–H groups in total. The van der Waals surface area contributed by atoms with E-state index in [1.165, 1.54) is 4.31 Å². The Kier molecular flexibility index (Phi) is 4.45. The number of hydrogen-bond donors (Lipinski definition) is 0. The smallest absolute Gasteiger partial charge is 0.264 e. The molecule has 0 amide bonds. The van der Waals surface area contributed by atoms with Gasteiger partial charge in [0.2, 0.25) is 0 Å². The Morgan fingerprint density at radius 3 is 2.10 bits per heavy atom. The van der Waals surface area contributed by atoms with Crippen LogP contribution < -0.4 is 4.31 Å². The molecule has 0 radical (unpaired) electrons. The normalized spacial score (nSPS) is 11.3. The molecule has 0 bridgehead atoms. The number of hydrogen-bond acceptors (Lipinski definition) is 2. The summed E-state index contributed by atoms with van der Waals surface area (Å²) in [4.78, 5) is 0.323. The number of aryl methyl sites for hydroxylation is 1. The maximum absolute atomic E-state index is 12.5. The fourth-order valence-electron chi connectivity index (χ4n) is 2.05. The highest BCUT2D eigenvalue weighted by Crippen LogP contribution is 2.22. The van der Waals surface area contributed by atoms with E-state index < -0.39 is 10.0 Å². The van der Waals surface area contributed by atoms with E-state index in [2.05, 4.69) is 6.92 Å². The van der Waals surface area contributed by atoms with Crippen LogP contribution in [0.4, 0.5) is 5.69 Å². The van der Waals surface area contributed by atoms with Gasteiger partial charge in [-0.2, -0.15) is 0 Å². The number of para-hydroxylation sites is 1. The van der Waals surface area contributed by atoms with Gasteiger partial charge in [0.25, 0.3) is 10.0 Å². The van der Waals surface area contributed by atoms with Crippen LogP contribution in [0.25, 0.3) is 0 Å². The van der Waals surface area contributed by atoms with Crippen molar-refractivity contribution < 1.29 is 8.42 Å². The zero-order valence-electron chi connectivity index (χ0n) is 11.8. The lowest BCUT2D eigenvalue weighted by atomic mass is 10.1. The first kappa shape index (κ1) is 14.6. The Bertz CT molecular complexity index is 649. The standard InChI is InChI=1S/C16H19NO2S/c1-3-7-14-10-12-16(13-11-14)20(18,19)17(2)15-8-5-4-6-9-15/h4-6,8-13H,3,7H2,1-2H3. The van der Waals surface area contributed by atoms with E-state index in [0.717, 1.165) is 18.4 Å². The van der Waals surface area contributed by atoms with Crippen molar-refractivity contribution in [3.05, 3.63) is 60.2 Å². The summed E-state index contributed by atoms with van der Waals surface area (Å²) in [6, 6.07) is 16.2. The molecule has 0 fully saturated rings. The Hall–Kier alpha value is -1.81. The van der Waals surface area contributed by atoms with Crippen molar-refractivity contribution in [2.45, 2.75) is 24.7 Å². The van der Waals surface area contributed by atoms with Gasteiger partial charge in [0.1, 0.15) is 0 Å². The largest absolute Gasteiger partial charge is 0.269 e. The second-order valence-corrected chi connectivity index (χ2v) is 6.67. The molecule has 3 nitrogen and oxygen atoms in total. The van der Waals surface area contributed by atoms with Crippen molar-refractivity contribution in [2.75, 3.05) is 11.4 Å². The lowest BCUT2D eigenvalue weighted by Gasteiger charge is -2.19. The van der Waals surface area contributed by atoms with Crippen LogP contribution in [0.2, 0.25) is 0 Å². The summed E-state index contributed by atoms with van der Waals surface area (Å²) in [5.74, 6) is 0. The molecule has 0 saturated heterocycles. The highest BCUT2D eigenvalue weighted by atomic mass is 32.2. The third-order valence-corrected chi connectivity index (χ3v) is 5.04. The molecule has 4 heteroatoms. The van der Waals surface area contributed by atoms with E-state index in [-0.39, 0.29) is 0 Å². The van der Waals surface area contributed by atoms with Crippen LogP contribution in [0.5, 0.6) is 0 Å². The van der Waals surface area contributed by atoms with Crippen molar-refractivity contribution in [1.29, 1.82) is 0 Å². The van der Waals surface area contributed by atoms with Gasteiger partial charge in [0.05, 0.1) is 10.6 Å². The number of sulfonamides is 1. The number of rotatable bonds is 5. The predicted molar refractivity (Wildman–Crippen MR) is 82.5 cm³/mol. The summed E-state index contributed by atoms with van der Waals surface area (Å²) in [6.45, 7) is 2.10. The Labute approximate surface area is 120 Å². The van der Waals surface area contributed by atoms with E-state index in [4.69, 9.17) is 0 Å². The fourth-order valence-corrected chi connectivity index (χ4v) is 3.25. The van der Waals surface area contributed by atoms with Crippen LogP contribution >= 0.6 is 0 Å². The third kappa shape index (κ3) is 3.02. The molecule has 0 unspecified atom stereocenters. The van der Waals surface area contributed by atoms with Crippen LogP contribution in [-0.4, -0.2) is 15.5 Å². The predicted octanol–water partition coefficient (Wildman–Crippen LogP) is 3.46. The van der Waals surface area contributed by atoms with Gasteiger partial charge in [-0.3, -0.25) is 4.31 Å². The highest BCUT2D eigenvalue weighted by Gasteiger charge is 2.20. The SMILES string of the molecule is CCCc1ccc(S(=O)(=O)N(C)c2ccccc2)cc1. The first-order chi connectivity index (χ1) is 9.55. The van der Waals surface area contributed by atoms with Gasteiger partial charge in [-0.1, -0.05) is 43.7 Å². The molecule has 2 aromatic carbocycles. The summed E-state index contributed by atoms with van der Waals surface area (Å²) in [5.41, 5.74) is 1.82. The zero-order chi connectivity index (χ0) is 14.6. The average molecular weight is 289 g/mol. The van der Waals surface area contributed by atoms with Crippen molar-refractivity contribution >= 4 is 15.7 Å². The van der Waals surface area contributed by atoms with Gasteiger partial charge in [-0.15, -0.1) is 0 Å². The monoisotopic (exact) mass is 289 g/mol. The van der Waals surface area contributed by atoms with Crippen molar-refractivity contribution in [1.82, 2.24) is 0 Å². The number of anilines is 1. The van der Waals surface area contributed by atoms with E-state index in [0.29, 0.717) is 10.6 Å². The van der Waals surface area contributed by atoms with Crippen LogP contribution in [0.15, 0.2) is 59.5 Å². The minimum Gasteiger partial charge on any atom is -0.269 e. The summed E-state index contributed by atoms with van der Waals surface area (Å²) in [5, 5.41) is 0. The van der Waals surface area contributed by atoms with E-state index in [1.807, 2.05) is 30.3 Å². The van der Waals surface area contributed by atoms with Gasteiger partial charge in [0.15, 0.2) is 0 Å². The van der Waals surface area contributed by atoms with E-state index in [9.17, 15) is 8.42 Å². The third-order valence-electron chi connectivity index (χ3n) is 3.24. The Morgan fingerprint density at radius 2 is 1.55 bits per heavy atom. The molecule has 0 aliphatic heterocycles. The van der Waals surface area contributed by atoms with Crippen molar-refractivity contribution in [3.8, 4) is 0 Å². The first-order valence-corrected chi connectivity index (χ1v) is 8.12. The van der Waals surface area contributed by atoms with E-state index >= 15 is 0 Å². The highest BCUT2D eigenvalue weighted by molar-refractivity contribution is 7.92. The van der Waals surface area contributed by atoms with Crippen molar-refractivity contribution in [3.63, 3.8) is 0 Å². The lowest BCUT2D eigenvalue weighted by molar-refractivity contribution is 0.594. The maximum Gasteiger partial charge on any atom is 0.264 e. The zero-order valence-corrected chi connectivity index (χ0v) is 12.6. The minimum absolute atomic E-state index is 0.323. The molecule has 106 valence electrons. The maximum atomic E-state index is 12.5. The van der Waals surface area contributed by atoms with Crippen LogP contribution in [0.3, 0.4) is 0 Å². The molecule has 0 aromatic heterocycles. The van der Waals surface area contributed by atoms with E-state index in [1.54, 1.807) is 31.3 Å². The Balaban J connectivity index is 2.30. The van der Waals surface area contributed by atoms with Crippen LogP contribution in [0.1, 0.15) is 18.9 Å². The summed E-state index contributed by atoms with van der Waals surface area (Å²) >= 11 is 0. The quantitative estimate of drug-likeness (QED) is 0.845. The molecule has 2 rings (SSSR count). The summed E-state index contributed by atoms with van der Waals surface area (Å²) in [7, 11) is -1.92. The molecular formula is C16H19NO2S. The van der Waals surface area contributed by atoms with Crippen molar-refractivity contribution in [2.24, 2.45) is 0 Å². The van der Waals surface area contributed by atoms with Gasteiger partial charge in [-0.25, -0.2) is 8.42 Å². The van der Waals surface area contributed by atoms with Gasteiger partial charge in [0, 0.05) is 7.05 Å². The second-order valence-electron chi connectivity index (χ2n) is 4.70. The number of benzene rings is 2. The van der Waals surface area contributed by atoms with Gasteiger partial charge >= 0.3 is 0 Å². The molecule has 0 heterocycles. The second kappa shape index (κ2) is 6.09. The van der Waals surface area contributed by atoms with Crippen LogP contribution in [0, 0.1) is 0 Å². The molecule has 0 aliphatic rings. The minimum atomic E-state index is -3.49. The molecular weight excluding hydrogens is 270 g/mol. The first-order valence-electron chi connectivity index (χ1n) is 6.68. The van der Waals surface area contributed by atoms with Gasteiger partial charge < -0.3 is 0 Å². The van der Waals surface area contributed by atoms with Gasteiger partial charge in [-0.05, 0) is 36.2 Å². The molecule has 0 aliphatic carbocycles. The molecule has 0 spiro atoms. The molecule has 0 saturated carbocycles.